The molecule has 0 aliphatic rings. The Kier molecular flexibility index (Phi) is 7.96. The molecule has 7 heteroatoms. The molecule has 2 aromatic rings. The third-order valence-corrected chi connectivity index (χ3v) is 4.77. The number of hydrogen-bond acceptors (Lipinski definition) is 4. The van der Waals surface area contributed by atoms with Crippen LogP contribution in [0.25, 0.3) is 0 Å². The maximum Gasteiger partial charge on any atom is 0.318 e. The summed E-state index contributed by atoms with van der Waals surface area (Å²) in [6.45, 7) is 3.75. The standard InChI is InChI=1S/C20H19Cl3O4/c1-3-12(4-2)20(25)27-19(24)10-13-9-14(21)5-7-17(13)26-18-8-6-15(22)11-16(18)23/h5-9,11-12H,3-4,10H2,1-2H3. The zero-order valence-corrected chi connectivity index (χ0v) is 17.2. The van der Waals surface area contributed by atoms with Gasteiger partial charge in [-0.05, 0) is 49.2 Å². The van der Waals surface area contributed by atoms with Gasteiger partial charge in [0.05, 0.1) is 17.4 Å². The van der Waals surface area contributed by atoms with Crippen LogP contribution in [-0.2, 0) is 20.7 Å². The van der Waals surface area contributed by atoms with Crippen LogP contribution in [0.15, 0.2) is 36.4 Å². The molecule has 0 aliphatic carbocycles. The second-order valence-electron chi connectivity index (χ2n) is 5.91. The van der Waals surface area contributed by atoms with E-state index in [0.717, 1.165) is 0 Å². The molecule has 144 valence electrons. The van der Waals surface area contributed by atoms with Gasteiger partial charge in [-0.2, -0.15) is 0 Å². The van der Waals surface area contributed by atoms with Crippen molar-refractivity contribution in [2.45, 2.75) is 33.1 Å². The van der Waals surface area contributed by atoms with E-state index in [2.05, 4.69) is 0 Å². The summed E-state index contributed by atoms with van der Waals surface area (Å²) >= 11 is 18.1. The van der Waals surface area contributed by atoms with E-state index in [1.807, 2.05) is 13.8 Å². The average molecular weight is 430 g/mol. The second kappa shape index (κ2) is 9.98. The molecular formula is C20H19Cl3O4. The van der Waals surface area contributed by atoms with Gasteiger partial charge in [0, 0.05) is 15.6 Å². The van der Waals surface area contributed by atoms with Crippen molar-refractivity contribution in [3.63, 3.8) is 0 Å². The van der Waals surface area contributed by atoms with E-state index >= 15 is 0 Å². The maximum atomic E-state index is 12.2. The molecule has 0 bridgehead atoms. The van der Waals surface area contributed by atoms with Crippen molar-refractivity contribution in [3.05, 3.63) is 57.0 Å². The molecule has 0 atom stereocenters. The van der Waals surface area contributed by atoms with Crippen LogP contribution in [-0.4, -0.2) is 11.9 Å². The molecule has 0 aromatic heterocycles. The fourth-order valence-corrected chi connectivity index (χ4v) is 3.11. The highest BCUT2D eigenvalue weighted by atomic mass is 35.5. The highest BCUT2D eigenvalue weighted by Gasteiger charge is 2.21. The van der Waals surface area contributed by atoms with Gasteiger partial charge in [0.25, 0.3) is 0 Å². The fourth-order valence-electron chi connectivity index (χ4n) is 2.47. The first kappa shape index (κ1) is 21.5. The summed E-state index contributed by atoms with van der Waals surface area (Å²) < 4.78 is 10.8. The topological polar surface area (TPSA) is 52.6 Å². The minimum Gasteiger partial charge on any atom is -0.455 e. The Hall–Kier alpha value is -1.75. The molecule has 2 aromatic carbocycles. The lowest BCUT2D eigenvalue weighted by atomic mass is 10.0. The fraction of sp³-hybridized carbons (Fsp3) is 0.300. The molecule has 0 unspecified atom stereocenters. The Morgan fingerprint density at radius 2 is 1.52 bits per heavy atom. The van der Waals surface area contributed by atoms with E-state index in [1.54, 1.807) is 36.4 Å². The van der Waals surface area contributed by atoms with Gasteiger partial charge in [0.1, 0.15) is 11.5 Å². The van der Waals surface area contributed by atoms with E-state index in [-0.39, 0.29) is 12.3 Å². The lowest BCUT2D eigenvalue weighted by molar-refractivity contribution is -0.162. The van der Waals surface area contributed by atoms with Gasteiger partial charge in [-0.25, -0.2) is 0 Å². The lowest BCUT2D eigenvalue weighted by Crippen LogP contribution is -2.21. The third-order valence-electron chi connectivity index (χ3n) is 4.00. The van der Waals surface area contributed by atoms with Gasteiger partial charge in [-0.3, -0.25) is 9.59 Å². The van der Waals surface area contributed by atoms with Gasteiger partial charge in [-0.15, -0.1) is 0 Å². The van der Waals surface area contributed by atoms with E-state index < -0.39 is 11.9 Å². The first-order valence-corrected chi connectivity index (χ1v) is 9.63. The number of benzene rings is 2. The first-order valence-electron chi connectivity index (χ1n) is 8.49. The number of ether oxygens (including phenoxy) is 2. The van der Waals surface area contributed by atoms with Crippen molar-refractivity contribution in [2.75, 3.05) is 0 Å². The van der Waals surface area contributed by atoms with Crippen molar-refractivity contribution >= 4 is 46.7 Å². The van der Waals surface area contributed by atoms with Crippen molar-refractivity contribution in [1.29, 1.82) is 0 Å². The molecule has 0 saturated carbocycles. The Morgan fingerprint density at radius 3 is 2.11 bits per heavy atom. The van der Waals surface area contributed by atoms with Crippen LogP contribution in [0.3, 0.4) is 0 Å². The Labute approximate surface area is 173 Å². The molecule has 0 amide bonds. The monoisotopic (exact) mass is 428 g/mol. The van der Waals surface area contributed by atoms with Gasteiger partial charge >= 0.3 is 11.9 Å². The molecule has 0 aliphatic heterocycles. The van der Waals surface area contributed by atoms with Crippen molar-refractivity contribution in [2.24, 2.45) is 5.92 Å². The van der Waals surface area contributed by atoms with Crippen LogP contribution in [0, 0.1) is 5.92 Å². The quantitative estimate of drug-likeness (QED) is 0.373. The van der Waals surface area contributed by atoms with Crippen LogP contribution < -0.4 is 4.74 Å². The summed E-state index contributed by atoms with van der Waals surface area (Å²) in [4.78, 5) is 24.2. The van der Waals surface area contributed by atoms with Gasteiger partial charge in [0.15, 0.2) is 0 Å². The van der Waals surface area contributed by atoms with E-state index in [0.29, 0.717) is 45.0 Å². The summed E-state index contributed by atoms with van der Waals surface area (Å²) in [5.41, 5.74) is 0.482. The maximum absolute atomic E-state index is 12.2. The minimum absolute atomic E-state index is 0.160. The lowest BCUT2D eigenvalue weighted by Gasteiger charge is -2.14. The number of esters is 2. The van der Waals surface area contributed by atoms with Crippen LogP contribution >= 0.6 is 34.8 Å². The SMILES string of the molecule is CCC(CC)C(=O)OC(=O)Cc1cc(Cl)ccc1Oc1ccc(Cl)cc1Cl. The molecule has 0 N–H and O–H groups in total. The molecule has 0 saturated heterocycles. The Morgan fingerprint density at radius 1 is 0.926 bits per heavy atom. The Balaban J connectivity index is 2.18. The zero-order chi connectivity index (χ0) is 20.0. The summed E-state index contributed by atoms with van der Waals surface area (Å²) in [5, 5.41) is 1.24. The predicted molar refractivity (Wildman–Crippen MR) is 107 cm³/mol. The van der Waals surface area contributed by atoms with E-state index in [4.69, 9.17) is 44.3 Å². The summed E-state index contributed by atoms with van der Waals surface area (Å²) in [6, 6.07) is 9.66. The first-order chi connectivity index (χ1) is 12.8. The molecule has 0 fully saturated rings. The van der Waals surface area contributed by atoms with Crippen molar-refractivity contribution in [3.8, 4) is 11.5 Å². The number of halogens is 3. The smallest absolute Gasteiger partial charge is 0.318 e. The number of hydrogen-bond donors (Lipinski definition) is 0. The minimum atomic E-state index is -0.666. The molecule has 0 heterocycles. The molecular weight excluding hydrogens is 411 g/mol. The average Bonchev–Trinajstić information content (AvgIpc) is 2.60. The van der Waals surface area contributed by atoms with Gasteiger partial charge in [0.2, 0.25) is 0 Å². The van der Waals surface area contributed by atoms with E-state index in [1.165, 1.54) is 0 Å². The number of carbonyl (C=O) groups is 2. The number of carbonyl (C=O) groups excluding carboxylic acids is 2. The molecule has 2 rings (SSSR count). The van der Waals surface area contributed by atoms with Crippen molar-refractivity contribution in [1.82, 2.24) is 0 Å². The molecule has 0 radical (unpaired) electrons. The second-order valence-corrected chi connectivity index (χ2v) is 7.19. The normalized spacial score (nSPS) is 10.7. The largest absolute Gasteiger partial charge is 0.455 e. The molecule has 27 heavy (non-hydrogen) atoms. The summed E-state index contributed by atoms with van der Waals surface area (Å²) in [5.74, 6) is -0.713. The van der Waals surface area contributed by atoms with Crippen LogP contribution in [0.1, 0.15) is 32.3 Å². The number of rotatable bonds is 7. The predicted octanol–water partition coefficient (Wildman–Crippen LogP) is 6.49. The van der Waals surface area contributed by atoms with E-state index in [9.17, 15) is 9.59 Å². The van der Waals surface area contributed by atoms with Crippen LogP contribution in [0.2, 0.25) is 15.1 Å². The highest BCUT2D eigenvalue weighted by Crippen LogP contribution is 2.34. The van der Waals surface area contributed by atoms with Gasteiger partial charge < -0.3 is 9.47 Å². The molecule has 4 nitrogen and oxygen atoms in total. The van der Waals surface area contributed by atoms with Crippen LogP contribution in [0.5, 0.6) is 11.5 Å². The Bertz CT molecular complexity index is 832. The summed E-state index contributed by atoms with van der Waals surface area (Å²) in [6.07, 6.45) is 1.07. The van der Waals surface area contributed by atoms with Crippen LogP contribution in [0.4, 0.5) is 0 Å². The molecule has 0 spiro atoms. The third kappa shape index (κ3) is 6.13. The van der Waals surface area contributed by atoms with Gasteiger partial charge in [-0.1, -0.05) is 48.7 Å². The van der Waals surface area contributed by atoms with Crippen molar-refractivity contribution < 1.29 is 19.1 Å². The summed E-state index contributed by atoms with van der Waals surface area (Å²) in [7, 11) is 0. The highest BCUT2D eigenvalue weighted by molar-refractivity contribution is 6.35. The zero-order valence-electron chi connectivity index (χ0n) is 14.9.